The van der Waals surface area contributed by atoms with Crippen molar-refractivity contribution < 1.29 is 0 Å². The van der Waals surface area contributed by atoms with Crippen molar-refractivity contribution >= 4 is 27.2 Å². The Labute approximate surface area is 105 Å². The van der Waals surface area contributed by atoms with Gasteiger partial charge in [-0.25, -0.2) is 4.98 Å². The van der Waals surface area contributed by atoms with Gasteiger partial charge in [0.2, 0.25) is 0 Å². The minimum Gasteiger partial charge on any atom is -0.355 e. The molecule has 1 aliphatic rings. The molecular weight excluding hydrogens is 230 g/mol. The van der Waals surface area contributed by atoms with E-state index in [0.29, 0.717) is 6.04 Å². The molecule has 2 aromatic rings. The number of hydrogen-bond donors (Lipinski definition) is 1. The summed E-state index contributed by atoms with van der Waals surface area (Å²) in [5, 5.41) is 6.83. The van der Waals surface area contributed by atoms with Gasteiger partial charge in [0, 0.05) is 35.4 Å². The minimum atomic E-state index is 0.597. The van der Waals surface area contributed by atoms with Crippen molar-refractivity contribution in [2.75, 3.05) is 25.0 Å². The third kappa shape index (κ3) is 2.03. The first-order chi connectivity index (χ1) is 8.38. The molecule has 0 radical (unpaired) electrons. The monoisotopic (exact) mass is 247 g/mol. The van der Waals surface area contributed by atoms with Crippen molar-refractivity contribution in [1.29, 1.82) is 0 Å². The number of hydrogen-bond acceptors (Lipinski definition) is 4. The van der Waals surface area contributed by atoms with Crippen molar-refractivity contribution in [3.8, 4) is 0 Å². The zero-order valence-corrected chi connectivity index (χ0v) is 10.8. The molecule has 2 aromatic heterocycles. The third-order valence-corrected chi connectivity index (χ3v) is 4.37. The first-order valence-electron chi connectivity index (χ1n) is 6.13. The maximum absolute atomic E-state index is 4.58. The molecule has 17 heavy (non-hydrogen) atoms. The van der Waals surface area contributed by atoms with E-state index in [-0.39, 0.29) is 0 Å². The fourth-order valence-electron chi connectivity index (χ4n) is 2.54. The number of nitrogens with one attached hydrogen (secondary N) is 1. The maximum Gasteiger partial charge on any atom is 0.137 e. The van der Waals surface area contributed by atoms with Gasteiger partial charge in [0.1, 0.15) is 5.82 Å². The van der Waals surface area contributed by atoms with Gasteiger partial charge in [0.15, 0.2) is 0 Å². The zero-order valence-electron chi connectivity index (χ0n) is 10.0. The topological polar surface area (TPSA) is 28.2 Å². The standard InChI is InChI=1S/C13H17N3S/c1-14-10-3-2-7-16(9-10)13-11-5-8-17-12(11)4-6-15-13/h4-6,8,10,14H,2-3,7,9H2,1H3. The average molecular weight is 247 g/mol. The Balaban J connectivity index is 1.94. The summed E-state index contributed by atoms with van der Waals surface area (Å²) in [6.45, 7) is 2.19. The first kappa shape index (κ1) is 11.0. The van der Waals surface area contributed by atoms with Gasteiger partial charge in [0.25, 0.3) is 0 Å². The highest BCUT2D eigenvalue weighted by molar-refractivity contribution is 7.17. The lowest BCUT2D eigenvalue weighted by molar-refractivity contribution is 0.448. The number of aromatic nitrogens is 1. The summed E-state index contributed by atoms with van der Waals surface area (Å²) in [4.78, 5) is 6.99. The van der Waals surface area contributed by atoms with Crippen molar-refractivity contribution in [2.45, 2.75) is 18.9 Å². The Morgan fingerprint density at radius 2 is 2.41 bits per heavy atom. The number of thiophene rings is 1. The van der Waals surface area contributed by atoms with Crippen LogP contribution in [0.5, 0.6) is 0 Å². The molecule has 0 saturated carbocycles. The highest BCUT2D eigenvalue weighted by atomic mass is 32.1. The van der Waals surface area contributed by atoms with E-state index < -0.39 is 0 Å². The molecule has 0 aliphatic carbocycles. The van der Waals surface area contributed by atoms with Crippen molar-refractivity contribution in [2.24, 2.45) is 0 Å². The van der Waals surface area contributed by atoms with Gasteiger partial charge in [0.05, 0.1) is 0 Å². The normalized spacial score (nSPS) is 21.0. The quantitative estimate of drug-likeness (QED) is 0.883. The van der Waals surface area contributed by atoms with E-state index in [9.17, 15) is 0 Å². The number of likely N-dealkylation sites (N-methyl/N-ethyl adjacent to an activating group) is 1. The number of nitrogens with zero attached hydrogens (tertiary/aromatic N) is 2. The highest BCUT2D eigenvalue weighted by Crippen LogP contribution is 2.29. The third-order valence-electron chi connectivity index (χ3n) is 3.49. The van der Waals surface area contributed by atoms with Gasteiger partial charge >= 0.3 is 0 Å². The van der Waals surface area contributed by atoms with Crippen molar-refractivity contribution in [3.63, 3.8) is 0 Å². The summed E-state index contributed by atoms with van der Waals surface area (Å²) in [6.07, 6.45) is 4.44. The second-order valence-electron chi connectivity index (χ2n) is 4.54. The summed E-state index contributed by atoms with van der Waals surface area (Å²) >= 11 is 1.79. The van der Waals surface area contributed by atoms with Crippen LogP contribution < -0.4 is 10.2 Å². The van der Waals surface area contributed by atoms with E-state index in [0.717, 1.165) is 18.9 Å². The van der Waals surface area contributed by atoms with E-state index in [2.05, 4.69) is 32.7 Å². The van der Waals surface area contributed by atoms with E-state index in [1.165, 1.54) is 22.9 Å². The number of anilines is 1. The molecule has 0 amide bonds. The fourth-order valence-corrected chi connectivity index (χ4v) is 3.31. The van der Waals surface area contributed by atoms with E-state index in [1.807, 2.05) is 13.2 Å². The van der Waals surface area contributed by atoms with Crippen LogP contribution >= 0.6 is 11.3 Å². The smallest absolute Gasteiger partial charge is 0.137 e. The van der Waals surface area contributed by atoms with Gasteiger partial charge in [-0.2, -0.15) is 0 Å². The van der Waals surface area contributed by atoms with Crippen LogP contribution in [0.2, 0.25) is 0 Å². The van der Waals surface area contributed by atoms with Gasteiger partial charge in [-0.1, -0.05) is 0 Å². The summed E-state index contributed by atoms with van der Waals surface area (Å²) < 4.78 is 1.33. The van der Waals surface area contributed by atoms with Crippen LogP contribution in [0.1, 0.15) is 12.8 Å². The molecule has 0 bridgehead atoms. The van der Waals surface area contributed by atoms with Crippen molar-refractivity contribution in [3.05, 3.63) is 23.7 Å². The van der Waals surface area contributed by atoms with E-state index >= 15 is 0 Å². The van der Waals surface area contributed by atoms with Crippen LogP contribution in [0, 0.1) is 0 Å². The van der Waals surface area contributed by atoms with Crippen LogP contribution in [-0.2, 0) is 0 Å². The number of rotatable bonds is 2. The van der Waals surface area contributed by atoms with Gasteiger partial charge in [-0.05, 0) is 37.4 Å². The lowest BCUT2D eigenvalue weighted by Crippen LogP contribution is -2.44. The number of fused-ring (bicyclic) bond motifs is 1. The van der Waals surface area contributed by atoms with Crippen LogP contribution in [0.15, 0.2) is 23.7 Å². The molecule has 90 valence electrons. The lowest BCUT2D eigenvalue weighted by atomic mass is 10.1. The summed E-state index contributed by atoms with van der Waals surface area (Å²) in [7, 11) is 2.05. The molecule has 4 heteroatoms. The molecule has 1 saturated heterocycles. The fraction of sp³-hybridized carbons (Fsp3) is 0.462. The highest BCUT2D eigenvalue weighted by Gasteiger charge is 2.20. The zero-order chi connectivity index (χ0) is 11.7. The van der Waals surface area contributed by atoms with Crippen LogP contribution in [0.4, 0.5) is 5.82 Å². The minimum absolute atomic E-state index is 0.597. The maximum atomic E-state index is 4.58. The van der Waals surface area contributed by atoms with Gasteiger partial charge in [-0.3, -0.25) is 0 Å². The van der Waals surface area contributed by atoms with E-state index in [4.69, 9.17) is 0 Å². The SMILES string of the molecule is CNC1CCCN(c2nccc3sccc23)C1. The average Bonchev–Trinajstić information content (AvgIpc) is 2.87. The largest absolute Gasteiger partial charge is 0.355 e. The predicted octanol–water partition coefficient (Wildman–Crippen LogP) is 2.48. The molecule has 0 aromatic carbocycles. The predicted molar refractivity (Wildman–Crippen MR) is 73.9 cm³/mol. The van der Waals surface area contributed by atoms with Gasteiger partial charge < -0.3 is 10.2 Å². The van der Waals surface area contributed by atoms with Crippen LogP contribution in [-0.4, -0.2) is 31.2 Å². The number of piperidine rings is 1. The molecule has 3 rings (SSSR count). The molecule has 3 nitrogen and oxygen atoms in total. The molecule has 1 atom stereocenters. The molecular formula is C13H17N3S. The molecule has 1 N–H and O–H groups in total. The molecule has 0 spiro atoms. The molecule has 1 aliphatic heterocycles. The van der Waals surface area contributed by atoms with E-state index in [1.54, 1.807) is 11.3 Å². The summed E-state index contributed by atoms with van der Waals surface area (Å²) in [6, 6.07) is 4.88. The molecule has 1 fully saturated rings. The molecule has 3 heterocycles. The van der Waals surface area contributed by atoms with Crippen molar-refractivity contribution in [1.82, 2.24) is 10.3 Å². The Hall–Kier alpha value is -1.13. The Morgan fingerprint density at radius 3 is 3.29 bits per heavy atom. The lowest BCUT2D eigenvalue weighted by Gasteiger charge is -2.33. The molecule has 1 unspecified atom stereocenters. The summed E-state index contributed by atoms with van der Waals surface area (Å²) in [5.74, 6) is 1.16. The van der Waals surface area contributed by atoms with Gasteiger partial charge in [-0.15, -0.1) is 11.3 Å². The Morgan fingerprint density at radius 1 is 1.47 bits per heavy atom. The second-order valence-corrected chi connectivity index (χ2v) is 5.49. The second kappa shape index (κ2) is 4.63. The Bertz CT molecular complexity index is 508. The van der Waals surface area contributed by atoms with Crippen LogP contribution in [0.3, 0.4) is 0 Å². The first-order valence-corrected chi connectivity index (χ1v) is 7.01. The Kier molecular flexibility index (Phi) is 2.99. The van der Waals surface area contributed by atoms with Crippen LogP contribution in [0.25, 0.3) is 10.1 Å². The summed E-state index contributed by atoms with van der Waals surface area (Å²) in [5.41, 5.74) is 0. The number of pyridine rings is 1.